The van der Waals surface area contributed by atoms with E-state index < -0.39 is 20.0 Å². The van der Waals surface area contributed by atoms with Gasteiger partial charge in [-0.25, -0.2) is 21.1 Å². The van der Waals surface area contributed by atoms with E-state index >= 15 is 0 Å². The fraction of sp³-hybridized carbons (Fsp3) is 0.458. The van der Waals surface area contributed by atoms with E-state index in [1.165, 1.54) is 20.7 Å². The predicted octanol–water partition coefficient (Wildman–Crippen LogP) is 2.20. The summed E-state index contributed by atoms with van der Waals surface area (Å²) in [5, 5.41) is 2.84. The van der Waals surface area contributed by atoms with E-state index in [1.807, 2.05) is 31.2 Å². The van der Waals surface area contributed by atoms with Crippen LogP contribution < -0.4 is 5.32 Å². The number of hydrogen-bond donors (Lipinski definition) is 1. The lowest BCUT2D eigenvalue weighted by atomic mass is 9.97. The molecule has 0 saturated carbocycles. The second-order valence-electron chi connectivity index (χ2n) is 8.89. The maximum Gasteiger partial charge on any atom is 0.243 e. The summed E-state index contributed by atoms with van der Waals surface area (Å²) in [6.45, 7) is 3.87. The van der Waals surface area contributed by atoms with Gasteiger partial charge in [-0.1, -0.05) is 24.3 Å². The molecule has 0 radical (unpaired) electrons. The van der Waals surface area contributed by atoms with E-state index in [2.05, 4.69) is 5.32 Å². The topological polar surface area (TPSA) is 113 Å². The zero-order valence-electron chi connectivity index (χ0n) is 19.7. The maximum atomic E-state index is 12.9. The number of carbonyl (C=O) groups is 1. The van der Waals surface area contributed by atoms with Crippen molar-refractivity contribution in [3.63, 3.8) is 0 Å². The molecule has 2 aliphatic rings. The second kappa shape index (κ2) is 10.8. The SMILES string of the molecule is Cc1ccccc1CS(=O)(=O)N1CCC(C(=O)Nc2ccc(S(=O)(=O)N3CCOCC3)cc2)CC1. The highest BCUT2D eigenvalue weighted by atomic mass is 32.2. The number of sulfonamides is 2. The molecule has 1 N–H and O–H groups in total. The average molecular weight is 522 g/mol. The van der Waals surface area contributed by atoms with Crippen LogP contribution in [0.4, 0.5) is 5.69 Å². The Morgan fingerprint density at radius 2 is 1.54 bits per heavy atom. The maximum absolute atomic E-state index is 12.9. The number of rotatable bonds is 7. The molecule has 0 unspecified atom stereocenters. The third kappa shape index (κ3) is 6.10. The van der Waals surface area contributed by atoms with Crippen LogP contribution in [0.3, 0.4) is 0 Å². The van der Waals surface area contributed by atoms with E-state index in [0.717, 1.165) is 11.1 Å². The Morgan fingerprint density at radius 3 is 2.17 bits per heavy atom. The molecule has 190 valence electrons. The normalized spacial score (nSPS) is 18.9. The summed E-state index contributed by atoms with van der Waals surface area (Å²) in [5.74, 6) is -0.544. The number of nitrogens with one attached hydrogen (secondary N) is 1. The number of ether oxygens (including phenoxy) is 1. The first-order chi connectivity index (χ1) is 16.7. The van der Waals surface area contributed by atoms with Crippen molar-refractivity contribution >= 4 is 31.6 Å². The number of morpholine rings is 1. The Balaban J connectivity index is 1.31. The number of nitrogens with zero attached hydrogens (tertiary/aromatic N) is 2. The summed E-state index contributed by atoms with van der Waals surface area (Å²) in [7, 11) is -7.06. The molecule has 0 atom stereocenters. The molecule has 0 bridgehead atoms. The summed E-state index contributed by atoms with van der Waals surface area (Å²) in [4.78, 5) is 12.9. The van der Waals surface area contributed by atoms with Gasteiger partial charge in [-0.2, -0.15) is 4.31 Å². The van der Waals surface area contributed by atoms with Gasteiger partial charge in [-0.15, -0.1) is 0 Å². The van der Waals surface area contributed by atoms with Crippen molar-refractivity contribution in [3.05, 3.63) is 59.7 Å². The zero-order valence-corrected chi connectivity index (χ0v) is 21.4. The standard InChI is InChI=1S/C24H31N3O6S2/c1-19-4-2-3-5-21(19)18-34(29,30)26-12-10-20(11-13-26)24(28)25-22-6-8-23(9-7-22)35(31,32)27-14-16-33-17-15-27/h2-9,20H,10-18H2,1H3,(H,25,28). The molecular weight excluding hydrogens is 490 g/mol. The number of hydrogen-bond acceptors (Lipinski definition) is 6. The molecule has 2 aromatic rings. The van der Waals surface area contributed by atoms with Crippen molar-refractivity contribution < 1.29 is 26.4 Å². The van der Waals surface area contributed by atoms with E-state index in [4.69, 9.17) is 4.74 Å². The van der Waals surface area contributed by atoms with Crippen molar-refractivity contribution in [3.8, 4) is 0 Å². The summed E-state index contributed by atoms with van der Waals surface area (Å²) < 4.78 is 59.3. The Bertz CT molecular complexity index is 1250. The fourth-order valence-corrected chi connectivity index (χ4v) is 7.42. The van der Waals surface area contributed by atoms with Crippen LogP contribution in [0.1, 0.15) is 24.0 Å². The van der Waals surface area contributed by atoms with Gasteiger partial charge in [0.2, 0.25) is 26.0 Å². The molecule has 2 aliphatic heterocycles. The Morgan fingerprint density at radius 1 is 0.914 bits per heavy atom. The number of amides is 1. The van der Waals surface area contributed by atoms with Crippen LogP contribution in [0.2, 0.25) is 0 Å². The molecule has 9 nitrogen and oxygen atoms in total. The summed E-state index contributed by atoms with van der Waals surface area (Å²) in [6.07, 6.45) is 0.866. The summed E-state index contributed by atoms with van der Waals surface area (Å²) >= 11 is 0. The van der Waals surface area contributed by atoms with Crippen LogP contribution in [-0.4, -0.2) is 70.7 Å². The highest BCUT2D eigenvalue weighted by molar-refractivity contribution is 7.89. The van der Waals surface area contributed by atoms with Crippen LogP contribution in [0.5, 0.6) is 0 Å². The van der Waals surface area contributed by atoms with Gasteiger partial charge in [0.25, 0.3) is 0 Å². The number of carbonyl (C=O) groups excluding carboxylic acids is 1. The largest absolute Gasteiger partial charge is 0.379 e. The van der Waals surface area contributed by atoms with Crippen molar-refractivity contribution in [2.45, 2.75) is 30.4 Å². The molecule has 1 amide bonds. The molecule has 2 aromatic carbocycles. The number of aryl methyl sites for hydroxylation is 1. The van der Waals surface area contributed by atoms with Crippen molar-refractivity contribution in [1.82, 2.24) is 8.61 Å². The number of piperidine rings is 1. The van der Waals surface area contributed by atoms with E-state index in [9.17, 15) is 21.6 Å². The van der Waals surface area contributed by atoms with Crippen molar-refractivity contribution in [2.24, 2.45) is 5.92 Å². The molecule has 11 heteroatoms. The third-order valence-corrected chi connectivity index (χ3v) is 10.3. The quantitative estimate of drug-likeness (QED) is 0.598. The van der Waals surface area contributed by atoms with Gasteiger partial charge in [0, 0.05) is 37.8 Å². The minimum absolute atomic E-state index is 0.0454. The van der Waals surface area contributed by atoms with E-state index in [-0.39, 0.29) is 22.5 Å². The first kappa shape index (κ1) is 25.8. The molecule has 2 fully saturated rings. The summed E-state index contributed by atoms with van der Waals surface area (Å²) in [5.41, 5.74) is 2.23. The average Bonchev–Trinajstić information content (AvgIpc) is 2.86. The molecular formula is C24H31N3O6S2. The molecule has 2 heterocycles. The highest BCUT2D eigenvalue weighted by Crippen LogP contribution is 2.25. The minimum atomic E-state index is -3.60. The molecule has 0 aromatic heterocycles. The van der Waals surface area contributed by atoms with Gasteiger partial charge in [0.15, 0.2) is 0 Å². The smallest absolute Gasteiger partial charge is 0.243 e. The Kier molecular flexibility index (Phi) is 7.92. The third-order valence-electron chi connectivity index (χ3n) is 6.55. The first-order valence-electron chi connectivity index (χ1n) is 11.7. The van der Waals surface area contributed by atoms with Crippen LogP contribution in [-0.2, 0) is 35.3 Å². The second-order valence-corrected chi connectivity index (χ2v) is 12.8. The van der Waals surface area contributed by atoms with Crippen molar-refractivity contribution in [2.75, 3.05) is 44.7 Å². The monoisotopic (exact) mass is 521 g/mol. The van der Waals surface area contributed by atoms with Crippen LogP contribution in [0.15, 0.2) is 53.4 Å². The van der Waals surface area contributed by atoms with Crippen LogP contribution in [0.25, 0.3) is 0 Å². The predicted molar refractivity (Wildman–Crippen MR) is 133 cm³/mol. The molecule has 0 aliphatic carbocycles. The molecule has 0 spiro atoms. The van der Waals surface area contributed by atoms with Gasteiger partial charge >= 0.3 is 0 Å². The molecule has 4 rings (SSSR count). The Hall–Kier alpha value is -2.31. The minimum Gasteiger partial charge on any atom is -0.379 e. The number of benzene rings is 2. The lowest BCUT2D eigenvalue weighted by Gasteiger charge is -2.30. The highest BCUT2D eigenvalue weighted by Gasteiger charge is 2.32. The van der Waals surface area contributed by atoms with Crippen molar-refractivity contribution in [1.29, 1.82) is 0 Å². The molecule has 2 saturated heterocycles. The van der Waals surface area contributed by atoms with Gasteiger partial charge in [-0.05, 0) is 55.2 Å². The van der Waals surface area contributed by atoms with Gasteiger partial charge in [0.05, 0.1) is 23.9 Å². The Labute approximate surface area is 207 Å². The van der Waals surface area contributed by atoms with Gasteiger partial charge in [0.1, 0.15) is 0 Å². The van der Waals surface area contributed by atoms with E-state index in [1.54, 1.807) is 12.1 Å². The van der Waals surface area contributed by atoms with Crippen LogP contribution in [0, 0.1) is 12.8 Å². The molecule has 35 heavy (non-hydrogen) atoms. The lowest BCUT2D eigenvalue weighted by Crippen LogP contribution is -2.42. The summed E-state index contributed by atoms with van der Waals surface area (Å²) in [6, 6.07) is 13.6. The fourth-order valence-electron chi connectivity index (χ4n) is 4.35. The number of anilines is 1. The van der Waals surface area contributed by atoms with Crippen LogP contribution >= 0.6 is 0 Å². The first-order valence-corrected chi connectivity index (χ1v) is 14.7. The van der Waals surface area contributed by atoms with E-state index in [0.29, 0.717) is 57.9 Å². The zero-order chi connectivity index (χ0) is 25.1. The van der Waals surface area contributed by atoms with Gasteiger partial charge in [-0.3, -0.25) is 4.79 Å². The van der Waals surface area contributed by atoms with Gasteiger partial charge < -0.3 is 10.1 Å². The lowest BCUT2D eigenvalue weighted by molar-refractivity contribution is -0.120.